The van der Waals surface area contributed by atoms with Gasteiger partial charge in [-0.15, -0.1) is 0 Å². The van der Waals surface area contributed by atoms with E-state index in [1.165, 1.54) is 12.7 Å². The molecule has 1 aliphatic carbocycles. The van der Waals surface area contributed by atoms with E-state index in [-0.39, 0.29) is 6.10 Å². The van der Waals surface area contributed by atoms with Crippen LogP contribution < -0.4 is 15.8 Å². The Kier molecular flexibility index (Phi) is 4.65. The number of hydrogen-bond acceptors (Lipinski definition) is 6. The Morgan fingerprint density at radius 1 is 1.35 bits per heavy atom. The second-order valence-electron chi connectivity index (χ2n) is 5.75. The van der Waals surface area contributed by atoms with Crippen LogP contribution in [0.1, 0.15) is 46.0 Å². The van der Waals surface area contributed by atoms with Crippen molar-refractivity contribution in [2.24, 2.45) is 0 Å². The third kappa shape index (κ3) is 3.72. The topological polar surface area (TPSA) is 93.3 Å². The molecule has 1 heterocycles. The highest BCUT2D eigenvalue weighted by molar-refractivity contribution is 5.66. The summed E-state index contributed by atoms with van der Waals surface area (Å²) in [6.07, 6.45) is 6.40. The van der Waals surface area contributed by atoms with Gasteiger partial charge in [-0.3, -0.25) is 0 Å². The van der Waals surface area contributed by atoms with Crippen molar-refractivity contribution in [3.63, 3.8) is 0 Å². The lowest BCUT2D eigenvalue weighted by atomic mass is 9.85. The van der Waals surface area contributed by atoms with Gasteiger partial charge in [0.1, 0.15) is 12.0 Å². The molecule has 6 nitrogen and oxygen atoms in total. The molecular weight excluding hydrogens is 256 g/mol. The maximum atomic E-state index is 10.5. The van der Waals surface area contributed by atoms with Gasteiger partial charge in [-0.2, -0.15) is 4.98 Å². The smallest absolute Gasteiger partial charge is 0.242 e. The molecule has 0 amide bonds. The number of ether oxygens (including phenoxy) is 1. The van der Waals surface area contributed by atoms with Gasteiger partial charge in [-0.05, 0) is 26.7 Å². The Balaban J connectivity index is 2.02. The molecule has 0 aliphatic heterocycles. The number of hydrogen-bond donors (Lipinski definition) is 3. The molecule has 6 heteroatoms. The Bertz CT molecular complexity index is 445. The molecule has 0 atom stereocenters. The van der Waals surface area contributed by atoms with Crippen molar-refractivity contribution in [2.45, 2.75) is 57.7 Å². The fraction of sp³-hybridized carbons (Fsp3) is 0.714. The summed E-state index contributed by atoms with van der Waals surface area (Å²) in [6, 6.07) is 0. The van der Waals surface area contributed by atoms with Gasteiger partial charge in [-0.1, -0.05) is 19.3 Å². The zero-order valence-corrected chi connectivity index (χ0v) is 12.2. The van der Waals surface area contributed by atoms with Gasteiger partial charge in [0, 0.05) is 6.54 Å². The van der Waals surface area contributed by atoms with Crippen LogP contribution in [0.2, 0.25) is 0 Å². The Morgan fingerprint density at radius 2 is 2.05 bits per heavy atom. The van der Waals surface area contributed by atoms with Crippen LogP contribution >= 0.6 is 0 Å². The quantitative estimate of drug-likeness (QED) is 0.763. The van der Waals surface area contributed by atoms with Crippen molar-refractivity contribution in [1.29, 1.82) is 0 Å². The van der Waals surface area contributed by atoms with E-state index in [0.29, 0.717) is 23.9 Å². The minimum absolute atomic E-state index is 0.00239. The van der Waals surface area contributed by atoms with Gasteiger partial charge in [0.15, 0.2) is 5.82 Å². The summed E-state index contributed by atoms with van der Waals surface area (Å²) in [5, 5.41) is 13.6. The van der Waals surface area contributed by atoms with Gasteiger partial charge >= 0.3 is 0 Å². The van der Waals surface area contributed by atoms with Crippen LogP contribution in [0, 0.1) is 0 Å². The van der Waals surface area contributed by atoms with Gasteiger partial charge < -0.3 is 20.9 Å². The van der Waals surface area contributed by atoms with Crippen LogP contribution in [-0.2, 0) is 0 Å². The molecule has 2 rings (SSSR count). The first-order valence-electron chi connectivity index (χ1n) is 7.23. The molecule has 0 bridgehead atoms. The molecule has 0 spiro atoms. The molecule has 1 fully saturated rings. The number of nitrogen functional groups attached to an aromatic ring is 1. The van der Waals surface area contributed by atoms with E-state index in [2.05, 4.69) is 15.3 Å². The van der Waals surface area contributed by atoms with E-state index in [1.807, 2.05) is 13.8 Å². The zero-order valence-electron chi connectivity index (χ0n) is 12.2. The minimum atomic E-state index is -0.658. The van der Waals surface area contributed by atoms with E-state index in [1.54, 1.807) is 0 Å². The van der Waals surface area contributed by atoms with Crippen molar-refractivity contribution < 1.29 is 9.84 Å². The molecule has 20 heavy (non-hydrogen) atoms. The fourth-order valence-corrected chi connectivity index (χ4v) is 2.47. The average molecular weight is 280 g/mol. The highest BCUT2D eigenvalue weighted by atomic mass is 16.5. The number of nitrogens with zero attached hydrogens (tertiary/aromatic N) is 2. The lowest BCUT2D eigenvalue weighted by Gasteiger charge is -2.32. The van der Waals surface area contributed by atoms with E-state index in [0.717, 1.165) is 25.7 Å². The minimum Gasteiger partial charge on any atom is -0.473 e. The molecule has 0 aromatic carbocycles. The molecule has 4 N–H and O–H groups in total. The van der Waals surface area contributed by atoms with Crippen molar-refractivity contribution in [3.05, 3.63) is 6.33 Å². The number of aliphatic hydroxyl groups is 1. The van der Waals surface area contributed by atoms with E-state index < -0.39 is 5.60 Å². The second-order valence-corrected chi connectivity index (χ2v) is 5.75. The predicted molar refractivity (Wildman–Crippen MR) is 78.7 cm³/mol. The summed E-state index contributed by atoms with van der Waals surface area (Å²) in [4.78, 5) is 8.15. The predicted octanol–water partition coefficient (Wildman–Crippen LogP) is 1.95. The Morgan fingerprint density at radius 3 is 2.70 bits per heavy atom. The van der Waals surface area contributed by atoms with E-state index >= 15 is 0 Å². The fourth-order valence-electron chi connectivity index (χ4n) is 2.47. The molecule has 0 radical (unpaired) electrons. The number of rotatable bonds is 5. The molecule has 0 unspecified atom stereocenters. The maximum Gasteiger partial charge on any atom is 0.242 e. The van der Waals surface area contributed by atoms with E-state index in [9.17, 15) is 5.11 Å². The van der Waals surface area contributed by atoms with Crippen molar-refractivity contribution in [3.8, 4) is 5.88 Å². The monoisotopic (exact) mass is 280 g/mol. The Labute approximate surface area is 119 Å². The SMILES string of the molecule is CC(C)Oc1ncnc(NCC2(O)CCCCC2)c1N. The van der Waals surface area contributed by atoms with Crippen LogP contribution in [0.15, 0.2) is 6.33 Å². The summed E-state index contributed by atoms with van der Waals surface area (Å²) in [5.74, 6) is 0.905. The van der Waals surface area contributed by atoms with Gasteiger partial charge in [0.2, 0.25) is 5.88 Å². The molecule has 0 saturated heterocycles. The van der Waals surface area contributed by atoms with Gasteiger partial charge in [-0.25, -0.2) is 4.98 Å². The number of anilines is 2. The lowest BCUT2D eigenvalue weighted by Crippen LogP contribution is -2.39. The number of nitrogens with two attached hydrogens (primary N) is 1. The first-order chi connectivity index (χ1) is 9.50. The van der Waals surface area contributed by atoms with Crippen LogP contribution in [0.3, 0.4) is 0 Å². The van der Waals surface area contributed by atoms with Crippen LogP contribution in [0.5, 0.6) is 5.88 Å². The van der Waals surface area contributed by atoms with Crippen LogP contribution in [0.4, 0.5) is 11.5 Å². The van der Waals surface area contributed by atoms with E-state index in [4.69, 9.17) is 10.5 Å². The largest absolute Gasteiger partial charge is 0.473 e. The molecule has 1 aliphatic rings. The summed E-state index contributed by atoms with van der Waals surface area (Å²) in [6.45, 7) is 4.29. The zero-order chi connectivity index (χ0) is 14.6. The van der Waals surface area contributed by atoms with Crippen molar-refractivity contribution in [2.75, 3.05) is 17.6 Å². The normalized spacial score (nSPS) is 18.0. The molecule has 1 aromatic rings. The molecule has 1 aromatic heterocycles. The highest BCUT2D eigenvalue weighted by Gasteiger charge is 2.29. The summed E-state index contributed by atoms with van der Waals surface area (Å²) in [7, 11) is 0. The van der Waals surface area contributed by atoms with Crippen LogP contribution in [-0.4, -0.2) is 33.3 Å². The first kappa shape index (κ1) is 14.8. The summed E-state index contributed by atoms with van der Waals surface area (Å²) >= 11 is 0. The second kappa shape index (κ2) is 6.26. The van der Waals surface area contributed by atoms with Gasteiger partial charge in [0.05, 0.1) is 11.7 Å². The third-order valence-electron chi connectivity index (χ3n) is 3.56. The van der Waals surface area contributed by atoms with Crippen LogP contribution in [0.25, 0.3) is 0 Å². The van der Waals surface area contributed by atoms with Gasteiger partial charge in [0.25, 0.3) is 0 Å². The lowest BCUT2D eigenvalue weighted by molar-refractivity contribution is 0.0166. The molecule has 1 saturated carbocycles. The molecular formula is C14H24N4O2. The van der Waals surface area contributed by atoms with Crippen molar-refractivity contribution >= 4 is 11.5 Å². The highest BCUT2D eigenvalue weighted by Crippen LogP contribution is 2.30. The summed E-state index contributed by atoms with van der Waals surface area (Å²) in [5.41, 5.74) is 5.73. The van der Waals surface area contributed by atoms with Crippen molar-refractivity contribution in [1.82, 2.24) is 9.97 Å². The average Bonchev–Trinajstić information content (AvgIpc) is 2.40. The summed E-state index contributed by atoms with van der Waals surface area (Å²) < 4.78 is 5.52. The first-order valence-corrected chi connectivity index (χ1v) is 7.23. The Hall–Kier alpha value is -1.56. The molecule has 112 valence electrons. The number of aromatic nitrogens is 2. The number of nitrogens with one attached hydrogen (secondary N) is 1. The standard InChI is InChI=1S/C14H24N4O2/c1-10(2)20-13-11(15)12(17-9-18-13)16-8-14(19)6-4-3-5-7-14/h9-10,19H,3-8,15H2,1-2H3,(H,16,17,18). The maximum absolute atomic E-state index is 10.5. The third-order valence-corrected chi connectivity index (χ3v) is 3.56.